The van der Waals surface area contributed by atoms with Gasteiger partial charge in [-0.2, -0.15) is 0 Å². The summed E-state index contributed by atoms with van der Waals surface area (Å²) in [6, 6.07) is 11.4. The summed E-state index contributed by atoms with van der Waals surface area (Å²) in [4.78, 5) is 45.1. The Bertz CT molecular complexity index is 1490. The Morgan fingerprint density at radius 3 is 2.67 bits per heavy atom. The van der Waals surface area contributed by atoms with Crippen molar-refractivity contribution in [1.82, 2.24) is 4.98 Å². The molecule has 0 spiro atoms. The van der Waals surface area contributed by atoms with Crippen molar-refractivity contribution in [1.29, 1.82) is 0 Å². The highest BCUT2D eigenvalue weighted by Gasteiger charge is 2.46. The highest BCUT2D eigenvalue weighted by Crippen LogP contribution is 2.43. The SMILES string of the molecule is CCOC(=O)c1sc(N2C(=O)c3oc4ccccc4c(=O)c3[C@@H]2c2ccccc2F)nc1C. The molecule has 166 valence electrons. The predicted molar refractivity (Wildman–Crippen MR) is 120 cm³/mol. The van der Waals surface area contributed by atoms with Gasteiger partial charge < -0.3 is 9.15 Å². The smallest absolute Gasteiger partial charge is 0.350 e. The number of halogens is 1. The third-order valence-electron chi connectivity index (χ3n) is 5.43. The molecule has 0 radical (unpaired) electrons. The third-order valence-corrected chi connectivity index (χ3v) is 6.57. The topological polar surface area (TPSA) is 89.7 Å². The fourth-order valence-corrected chi connectivity index (χ4v) is 4.97. The lowest BCUT2D eigenvalue weighted by Gasteiger charge is -2.22. The Hall–Kier alpha value is -3.85. The first-order valence-corrected chi connectivity index (χ1v) is 11.0. The van der Waals surface area contributed by atoms with Crippen LogP contribution in [0.5, 0.6) is 0 Å². The van der Waals surface area contributed by atoms with Crippen molar-refractivity contribution in [3.05, 3.63) is 92.0 Å². The summed E-state index contributed by atoms with van der Waals surface area (Å²) in [5, 5.41) is 0.429. The van der Waals surface area contributed by atoms with Crippen LogP contribution in [0.15, 0.2) is 57.7 Å². The Kier molecular flexibility index (Phi) is 5.05. The zero-order valence-electron chi connectivity index (χ0n) is 17.6. The number of rotatable bonds is 4. The highest BCUT2D eigenvalue weighted by atomic mass is 32.1. The first-order valence-electron chi connectivity index (χ1n) is 10.2. The zero-order valence-corrected chi connectivity index (χ0v) is 18.4. The van der Waals surface area contributed by atoms with Crippen molar-refractivity contribution in [2.45, 2.75) is 19.9 Å². The Labute approximate surface area is 191 Å². The fourth-order valence-electron chi connectivity index (χ4n) is 3.98. The third kappa shape index (κ3) is 3.23. The zero-order chi connectivity index (χ0) is 23.3. The number of nitrogens with zero attached hydrogens (tertiary/aromatic N) is 2. The number of carbonyl (C=O) groups is 2. The van der Waals surface area contributed by atoms with Crippen LogP contribution in [0.3, 0.4) is 0 Å². The molecule has 0 aliphatic carbocycles. The summed E-state index contributed by atoms with van der Waals surface area (Å²) < 4.78 is 25.9. The van der Waals surface area contributed by atoms with E-state index in [1.807, 2.05) is 0 Å². The molecule has 2 aromatic carbocycles. The molecule has 0 N–H and O–H groups in total. The predicted octanol–water partition coefficient (Wildman–Crippen LogP) is 4.62. The monoisotopic (exact) mass is 464 g/mol. The number of fused-ring (bicyclic) bond motifs is 2. The van der Waals surface area contributed by atoms with Gasteiger partial charge in [-0.25, -0.2) is 14.2 Å². The van der Waals surface area contributed by atoms with Gasteiger partial charge in [-0.15, -0.1) is 0 Å². The fraction of sp³-hybridized carbons (Fsp3) is 0.167. The van der Waals surface area contributed by atoms with Gasteiger partial charge >= 0.3 is 5.97 Å². The second-order valence-electron chi connectivity index (χ2n) is 7.40. The summed E-state index contributed by atoms with van der Waals surface area (Å²) in [5.41, 5.74) is 0.363. The number of carbonyl (C=O) groups excluding carboxylic acids is 2. The van der Waals surface area contributed by atoms with Crippen LogP contribution in [0.1, 0.15) is 50.0 Å². The number of hydrogen-bond acceptors (Lipinski definition) is 7. The van der Waals surface area contributed by atoms with Crippen LogP contribution in [-0.4, -0.2) is 23.5 Å². The molecular weight excluding hydrogens is 447 g/mol. The lowest BCUT2D eigenvalue weighted by molar-refractivity contribution is 0.0531. The Morgan fingerprint density at radius 1 is 1.18 bits per heavy atom. The van der Waals surface area contributed by atoms with E-state index in [0.717, 1.165) is 11.3 Å². The molecule has 0 bridgehead atoms. The lowest BCUT2D eigenvalue weighted by atomic mass is 9.98. The molecular formula is C24H17FN2O5S. The van der Waals surface area contributed by atoms with Gasteiger partial charge in [-0.05, 0) is 32.0 Å². The van der Waals surface area contributed by atoms with Gasteiger partial charge in [0.15, 0.2) is 10.6 Å². The molecule has 7 nitrogen and oxygen atoms in total. The minimum atomic E-state index is -1.10. The molecule has 1 aliphatic rings. The number of anilines is 1. The average Bonchev–Trinajstić information content (AvgIpc) is 3.32. The van der Waals surface area contributed by atoms with E-state index in [4.69, 9.17) is 9.15 Å². The van der Waals surface area contributed by atoms with Gasteiger partial charge in [-0.1, -0.05) is 41.7 Å². The van der Waals surface area contributed by atoms with E-state index >= 15 is 0 Å². The van der Waals surface area contributed by atoms with Gasteiger partial charge in [0.05, 0.1) is 23.3 Å². The van der Waals surface area contributed by atoms with Crippen molar-refractivity contribution < 1.29 is 23.1 Å². The maximum Gasteiger partial charge on any atom is 0.350 e. The minimum absolute atomic E-state index is 0.0364. The summed E-state index contributed by atoms with van der Waals surface area (Å²) in [6.07, 6.45) is 0. The molecule has 5 rings (SSSR count). The number of para-hydroxylation sites is 1. The summed E-state index contributed by atoms with van der Waals surface area (Å²) in [6.45, 7) is 3.49. The molecule has 9 heteroatoms. The van der Waals surface area contributed by atoms with Crippen LogP contribution in [0.2, 0.25) is 0 Å². The Balaban J connectivity index is 1.77. The molecule has 4 aromatic rings. The van der Waals surface area contributed by atoms with Gasteiger partial charge in [0.2, 0.25) is 5.76 Å². The van der Waals surface area contributed by atoms with E-state index < -0.39 is 29.2 Å². The van der Waals surface area contributed by atoms with E-state index in [2.05, 4.69) is 4.98 Å². The molecule has 1 aliphatic heterocycles. The van der Waals surface area contributed by atoms with E-state index in [1.54, 1.807) is 44.2 Å². The van der Waals surface area contributed by atoms with Crippen LogP contribution in [0, 0.1) is 12.7 Å². The van der Waals surface area contributed by atoms with Crippen LogP contribution < -0.4 is 10.3 Å². The quantitative estimate of drug-likeness (QED) is 0.409. The number of aromatic nitrogens is 1. The molecule has 0 saturated heterocycles. The number of thiazole rings is 1. The number of benzene rings is 2. The maximum absolute atomic E-state index is 14.9. The average molecular weight is 464 g/mol. The summed E-state index contributed by atoms with van der Waals surface area (Å²) in [5.74, 6) is -1.95. The molecule has 0 unspecified atom stereocenters. The normalized spacial score (nSPS) is 15.2. The molecule has 0 fully saturated rings. The maximum atomic E-state index is 14.9. The molecule has 3 heterocycles. The Morgan fingerprint density at radius 2 is 1.91 bits per heavy atom. The van der Waals surface area contributed by atoms with Crippen molar-refractivity contribution >= 4 is 39.3 Å². The highest BCUT2D eigenvalue weighted by molar-refractivity contribution is 7.17. The van der Waals surface area contributed by atoms with E-state index in [-0.39, 0.29) is 44.5 Å². The van der Waals surface area contributed by atoms with Crippen molar-refractivity contribution in [2.75, 3.05) is 11.5 Å². The van der Waals surface area contributed by atoms with Gasteiger partial charge in [0.25, 0.3) is 5.91 Å². The van der Waals surface area contributed by atoms with Gasteiger partial charge in [0.1, 0.15) is 22.3 Å². The molecule has 1 atom stereocenters. The number of hydrogen-bond donors (Lipinski definition) is 0. The first-order chi connectivity index (χ1) is 15.9. The second-order valence-corrected chi connectivity index (χ2v) is 8.38. The van der Waals surface area contributed by atoms with E-state index in [1.165, 1.54) is 23.1 Å². The van der Waals surface area contributed by atoms with Gasteiger partial charge in [-0.3, -0.25) is 14.5 Å². The van der Waals surface area contributed by atoms with E-state index in [0.29, 0.717) is 5.69 Å². The summed E-state index contributed by atoms with van der Waals surface area (Å²) in [7, 11) is 0. The van der Waals surface area contributed by atoms with Crippen LogP contribution in [-0.2, 0) is 4.74 Å². The lowest BCUT2D eigenvalue weighted by Crippen LogP contribution is -2.30. The molecule has 33 heavy (non-hydrogen) atoms. The molecule has 0 saturated carbocycles. The van der Waals surface area contributed by atoms with Crippen molar-refractivity contribution in [3.63, 3.8) is 0 Å². The number of esters is 1. The standard InChI is InChI=1S/C24H17FN2O5S/c1-3-31-23(30)21-12(2)26-24(33-21)27-18(13-8-4-6-10-15(13)25)17-19(28)14-9-5-7-11-16(14)32-20(17)22(27)29/h4-11,18H,3H2,1-2H3/t18-/m0/s1. The van der Waals surface area contributed by atoms with Crippen LogP contribution in [0.4, 0.5) is 9.52 Å². The minimum Gasteiger partial charge on any atom is -0.462 e. The van der Waals surface area contributed by atoms with Crippen LogP contribution >= 0.6 is 11.3 Å². The number of aryl methyl sites for hydroxylation is 1. The number of ether oxygens (including phenoxy) is 1. The van der Waals surface area contributed by atoms with Crippen molar-refractivity contribution in [2.24, 2.45) is 0 Å². The molecule has 1 amide bonds. The van der Waals surface area contributed by atoms with Gasteiger partial charge in [0, 0.05) is 5.56 Å². The largest absolute Gasteiger partial charge is 0.462 e. The summed E-state index contributed by atoms with van der Waals surface area (Å²) >= 11 is 0.947. The first kappa shape index (κ1) is 21.0. The second kappa shape index (κ2) is 7.93. The molecule has 2 aromatic heterocycles. The van der Waals surface area contributed by atoms with Crippen LogP contribution in [0.25, 0.3) is 11.0 Å². The van der Waals surface area contributed by atoms with E-state index in [9.17, 15) is 18.8 Å². The number of amides is 1. The van der Waals surface area contributed by atoms with Crippen molar-refractivity contribution in [3.8, 4) is 0 Å².